The molecule has 0 aliphatic heterocycles. The maximum absolute atomic E-state index is 12.0. The lowest BCUT2D eigenvalue weighted by atomic mass is 10.2. The zero-order valence-corrected chi connectivity index (χ0v) is 10.9. The number of rotatable bonds is 5. The topological polar surface area (TPSA) is 123 Å². The SMILES string of the molecule is NNc1ccncc1C(=O)NCc1ccc([N+](=O)[O-])cc1. The molecule has 1 heterocycles. The summed E-state index contributed by atoms with van der Waals surface area (Å²) in [6, 6.07) is 7.53. The molecule has 1 amide bonds. The van der Waals surface area contributed by atoms with Crippen LogP contribution in [-0.4, -0.2) is 15.8 Å². The van der Waals surface area contributed by atoms with E-state index in [1.807, 2.05) is 0 Å². The van der Waals surface area contributed by atoms with Gasteiger partial charge in [0.15, 0.2) is 0 Å². The normalized spacial score (nSPS) is 9.95. The molecule has 8 nitrogen and oxygen atoms in total. The quantitative estimate of drug-likeness (QED) is 0.431. The van der Waals surface area contributed by atoms with Crippen molar-refractivity contribution in [2.45, 2.75) is 6.54 Å². The number of nitrogens with two attached hydrogens (primary N) is 1. The third-order valence-electron chi connectivity index (χ3n) is 2.82. The van der Waals surface area contributed by atoms with Crippen LogP contribution in [0.15, 0.2) is 42.7 Å². The van der Waals surface area contributed by atoms with Crippen molar-refractivity contribution in [3.05, 3.63) is 64.0 Å². The highest BCUT2D eigenvalue weighted by Crippen LogP contribution is 2.13. The summed E-state index contributed by atoms with van der Waals surface area (Å²) in [6.45, 7) is 0.246. The van der Waals surface area contributed by atoms with Gasteiger partial charge in [-0.15, -0.1) is 0 Å². The van der Waals surface area contributed by atoms with Crippen LogP contribution < -0.4 is 16.6 Å². The van der Waals surface area contributed by atoms with E-state index in [9.17, 15) is 14.9 Å². The fraction of sp³-hybridized carbons (Fsp3) is 0.0769. The first kappa shape index (κ1) is 14.4. The number of nitro groups is 1. The van der Waals surface area contributed by atoms with Crippen LogP contribution in [0, 0.1) is 10.1 Å². The summed E-state index contributed by atoms with van der Waals surface area (Å²) in [5.41, 5.74) is 3.96. The summed E-state index contributed by atoms with van der Waals surface area (Å²) in [4.78, 5) is 26.0. The van der Waals surface area contributed by atoms with Crippen molar-refractivity contribution >= 4 is 17.3 Å². The molecule has 8 heteroatoms. The Morgan fingerprint density at radius 1 is 1.29 bits per heavy atom. The fourth-order valence-corrected chi connectivity index (χ4v) is 1.71. The van der Waals surface area contributed by atoms with Crippen molar-refractivity contribution in [1.82, 2.24) is 10.3 Å². The van der Waals surface area contributed by atoms with Gasteiger partial charge in [-0.3, -0.25) is 25.7 Å². The minimum absolute atomic E-state index is 0.00644. The van der Waals surface area contributed by atoms with E-state index in [1.54, 1.807) is 18.2 Å². The van der Waals surface area contributed by atoms with Gasteiger partial charge < -0.3 is 10.7 Å². The summed E-state index contributed by atoms with van der Waals surface area (Å²) in [7, 11) is 0. The van der Waals surface area contributed by atoms with Crippen molar-refractivity contribution in [2.24, 2.45) is 5.84 Å². The van der Waals surface area contributed by atoms with E-state index >= 15 is 0 Å². The van der Waals surface area contributed by atoms with Gasteiger partial charge in [0.25, 0.3) is 11.6 Å². The van der Waals surface area contributed by atoms with Crippen molar-refractivity contribution < 1.29 is 9.72 Å². The molecule has 1 aromatic heterocycles. The predicted molar refractivity (Wildman–Crippen MR) is 76.3 cm³/mol. The molecule has 0 unspecified atom stereocenters. The van der Waals surface area contributed by atoms with Gasteiger partial charge in [0.2, 0.25) is 0 Å². The molecular formula is C13H13N5O3. The first-order chi connectivity index (χ1) is 10.1. The van der Waals surface area contributed by atoms with Gasteiger partial charge >= 0.3 is 0 Å². The van der Waals surface area contributed by atoms with Crippen molar-refractivity contribution in [2.75, 3.05) is 5.43 Å². The van der Waals surface area contributed by atoms with Crippen LogP contribution in [0.2, 0.25) is 0 Å². The molecule has 2 rings (SSSR count). The number of nitrogens with one attached hydrogen (secondary N) is 2. The number of hydrogen-bond donors (Lipinski definition) is 3. The molecule has 21 heavy (non-hydrogen) atoms. The Morgan fingerprint density at radius 2 is 2.00 bits per heavy atom. The van der Waals surface area contributed by atoms with Crippen LogP contribution in [0.4, 0.5) is 11.4 Å². The zero-order chi connectivity index (χ0) is 15.2. The molecule has 0 fully saturated rings. The monoisotopic (exact) mass is 287 g/mol. The summed E-state index contributed by atoms with van der Waals surface area (Å²) in [5.74, 6) is 4.98. The van der Waals surface area contributed by atoms with Crippen LogP contribution in [0.25, 0.3) is 0 Å². The summed E-state index contributed by atoms with van der Waals surface area (Å²) >= 11 is 0. The van der Waals surface area contributed by atoms with Crippen molar-refractivity contribution in [1.29, 1.82) is 0 Å². The van der Waals surface area contributed by atoms with Gasteiger partial charge in [-0.2, -0.15) is 0 Å². The third kappa shape index (κ3) is 3.51. The number of amides is 1. The van der Waals surface area contributed by atoms with Crippen LogP contribution in [0.3, 0.4) is 0 Å². The number of carbonyl (C=O) groups is 1. The number of aromatic nitrogens is 1. The van der Waals surface area contributed by atoms with Gasteiger partial charge in [0.1, 0.15) is 0 Å². The van der Waals surface area contributed by atoms with Crippen molar-refractivity contribution in [3.8, 4) is 0 Å². The molecule has 0 saturated heterocycles. The standard InChI is InChI=1S/C13H13N5O3/c14-17-12-5-6-15-8-11(12)13(19)16-7-9-1-3-10(4-2-9)18(20)21/h1-6,8H,7,14H2,(H,15,17)(H,16,19). The molecule has 0 aliphatic rings. The molecule has 0 saturated carbocycles. The zero-order valence-electron chi connectivity index (χ0n) is 10.9. The highest BCUT2D eigenvalue weighted by molar-refractivity contribution is 5.99. The van der Waals surface area contributed by atoms with E-state index in [1.165, 1.54) is 24.5 Å². The van der Waals surface area contributed by atoms with E-state index in [4.69, 9.17) is 5.84 Å². The van der Waals surface area contributed by atoms with Gasteiger partial charge in [-0.25, -0.2) is 0 Å². The number of hydrogen-bond acceptors (Lipinski definition) is 6. The molecule has 2 aromatic rings. The lowest BCUT2D eigenvalue weighted by Gasteiger charge is -2.09. The Labute approximate surface area is 120 Å². The molecule has 0 bridgehead atoms. The Bertz CT molecular complexity index is 657. The van der Waals surface area contributed by atoms with E-state index in [0.717, 1.165) is 5.56 Å². The minimum Gasteiger partial charge on any atom is -0.348 e. The van der Waals surface area contributed by atoms with Crippen LogP contribution in [0.5, 0.6) is 0 Å². The number of carbonyl (C=O) groups excluding carboxylic acids is 1. The number of nitrogen functional groups attached to an aromatic ring is 1. The second-order valence-corrected chi connectivity index (χ2v) is 4.17. The number of hydrazine groups is 1. The molecule has 108 valence electrons. The molecule has 0 atom stereocenters. The third-order valence-corrected chi connectivity index (χ3v) is 2.82. The summed E-state index contributed by atoms with van der Waals surface area (Å²) < 4.78 is 0. The molecule has 4 N–H and O–H groups in total. The molecule has 1 aromatic carbocycles. The maximum atomic E-state index is 12.0. The van der Waals surface area contributed by atoms with Gasteiger partial charge in [0, 0.05) is 31.1 Å². The number of benzene rings is 1. The van der Waals surface area contributed by atoms with Gasteiger partial charge in [-0.1, -0.05) is 12.1 Å². The molecular weight excluding hydrogens is 274 g/mol. The molecule has 0 radical (unpaired) electrons. The Kier molecular flexibility index (Phi) is 4.42. The lowest BCUT2D eigenvalue weighted by Crippen LogP contribution is -2.25. The number of non-ortho nitro benzene ring substituents is 1. The Balaban J connectivity index is 2.02. The smallest absolute Gasteiger partial charge is 0.269 e. The molecule has 0 aliphatic carbocycles. The van der Waals surface area contributed by atoms with Crippen LogP contribution in [-0.2, 0) is 6.54 Å². The van der Waals surface area contributed by atoms with E-state index < -0.39 is 4.92 Å². The largest absolute Gasteiger partial charge is 0.348 e. The van der Waals surface area contributed by atoms with E-state index in [0.29, 0.717) is 11.3 Å². The number of nitrogens with zero attached hydrogens (tertiary/aromatic N) is 2. The minimum atomic E-state index is -0.475. The van der Waals surface area contributed by atoms with Gasteiger partial charge in [0.05, 0.1) is 16.2 Å². The van der Waals surface area contributed by atoms with Crippen LogP contribution in [0.1, 0.15) is 15.9 Å². The first-order valence-corrected chi connectivity index (χ1v) is 6.04. The Hall–Kier alpha value is -3.00. The highest BCUT2D eigenvalue weighted by Gasteiger charge is 2.11. The highest BCUT2D eigenvalue weighted by atomic mass is 16.6. The molecule has 0 spiro atoms. The van der Waals surface area contributed by atoms with E-state index in [-0.39, 0.29) is 18.1 Å². The fourth-order valence-electron chi connectivity index (χ4n) is 1.71. The second kappa shape index (κ2) is 6.44. The summed E-state index contributed by atoms with van der Waals surface area (Å²) in [5, 5.41) is 13.2. The average Bonchev–Trinajstić information content (AvgIpc) is 2.52. The average molecular weight is 287 g/mol. The van der Waals surface area contributed by atoms with E-state index in [2.05, 4.69) is 15.7 Å². The maximum Gasteiger partial charge on any atom is 0.269 e. The first-order valence-electron chi connectivity index (χ1n) is 6.04. The predicted octanol–water partition coefficient (Wildman–Crippen LogP) is 1.21. The number of pyridine rings is 1. The van der Waals surface area contributed by atoms with Gasteiger partial charge in [-0.05, 0) is 11.6 Å². The second-order valence-electron chi connectivity index (χ2n) is 4.17. The summed E-state index contributed by atoms with van der Waals surface area (Å²) in [6.07, 6.45) is 2.92. The van der Waals surface area contributed by atoms with Crippen LogP contribution >= 0.6 is 0 Å². The lowest BCUT2D eigenvalue weighted by molar-refractivity contribution is -0.384. The Morgan fingerprint density at radius 3 is 2.62 bits per heavy atom. The number of nitro benzene ring substituents is 1. The van der Waals surface area contributed by atoms with Crippen molar-refractivity contribution in [3.63, 3.8) is 0 Å². The number of anilines is 1.